The molecule has 2 amide bonds. The van der Waals surface area contributed by atoms with Gasteiger partial charge in [0, 0.05) is 28.0 Å². The predicted molar refractivity (Wildman–Crippen MR) is 263 cm³/mol. The van der Waals surface area contributed by atoms with Crippen molar-refractivity contribution < 1.29 is 39.9 Å². The van der Waals surface area contributed by atoms with Gasteiger partial charge in [0.25, 0.3) is 0 Å². The minimum atomic E-state index is -0.603. The molecule has 4 atom stereocenters. The lowest BCUT2D eigenvalue weighted by Gasteiger charge is -2.28. The molecule has 2 heterocycles. The quantitative estimate of drug-likeness (QED) is 0.0636. The number of amides is 2. The summed E-state index contributed by atoms with van der Waals surface area (Å²) in [5.74, 6) is -1.05. The van der Waals surface area contributed by atoms with Gasteiger partial charge in [0.1, 0.15) is 18.7 Å². The first-order valence-electron chi connectivity index (χ1n) is 23.8. The summed E-state index contributed by atoms with van der Waals surface area (Å²) in [6, 6.07) is 47.5. The van der Waals surface area contributed by atoms with E-state index in [0.29, 0.717) is 51.8 Å². The largest absolute Gasteiger partial charge is 0.477 e. The second kappa shape index (κ2) is 28.4. The van der Waals surface area contributed by atoms with Gasteiger partial charge >= 0.3 is 11.9 Å². The monoisotopic (exact) mass is 913 g/mol. The summed E-state index contributed by atoms with van der Waals surface area (Å²) in [7, 11) is 2.74. The smallest absolute Gasteiger partial charge is 0.328 e. The number of aliphatic hydroxyl groups excluding tert-OH is 1. The number of hydrogen-bond donors (Lipinski definition) is 2. The maximum absolute atomic E-state index is 13.6. The fourth-order valence-corrected chi connectivity index (χ4v) is 8.70. The number of aliphatic hydroxyl groups is 1. The third-order valence-corrected chi connectivity index (χ3v) is 11.8. The Labute approximate surface area is 399 Å². The minimum absolute atomic E-state index is 0.0265. The number of nitrogens with one attached hydrogen (secondary N) is 1. The highest BCUT2D eigenvalue weighted by atomic mass is 16.5. The van der Waals surface area contributed by atoms with Crippen LogP contribution in [0.25, 0.3) is 0 Å². The number of carbonyl (C=O) groups is 4. The van der Waals surface area contributed by atoms with Gasteiger partial charge < -0.3 is 29.1 Å². The first kappa shape index (κ1) is 51.4. The van der Waals surface area contributed by atoms with Crippen LogP contribution in [0.4, 0.5) is 0 Å². The number of carbonyl (C=O) groups excluding carboxylic acids is 4. The summed E-state index contributed by atoms with van der Waals surface area (Å²) >= 11 is 0. The normalized spacial score (nSPS) is 17.3. The number of benzene rings is 5. The summed E-state index contributed by atoms with van der Waals surface area (Å²) in [4.78, 5) is 55.3. The molecule has 11 heteroatoms. The Morgan fingerprint density at radius 3 is 1.25 bits per heavy atom. The Hall–Kier alpha value is -6.59. The van der Waals surface area contributed by atoms with Gasteiger partial charge in [0.15, 0.2) is 5.90 Å². The van der Waals surface area contributed by atoms with E-state index in [9.17, 15) is 24.3 Å². The van der Waals surface area contributed by atoms with Crippen LogP contribution in [0.1, 0.15) is 101 Å². The molecule has 0 bridgehead atoms. The molecule has 0 aromatic heterocycles. The van der Waals surface area contributed by atoms with E-state index < -0.39 is 29.9 Å². The van der Waals surface area contributed by atoms with Gasteiger partial charge in [-0.1, -0.05) is 179 Å². The van der Waals surface area contributed by atoms with Gasteiger partial charge in [-0.15, -0.1) is 0 Å². The Morgan fingerprint density at radius 2 is 0.955 bits per heavy atom. The number of esters is 2. The standard InChI is InChI=1S/C23H27NO3.C22H25NO4.C9H11NO.C2H6/c1-3-10-17-15-20(23(26)27-2)24(16-17)22(25)21(18-11-6-4-7-12-18)19-13-8-5-9-14-19;1-27-22(26)19-14-16(12-13-24)15-23(19)21(25)20(17-8-4-2-5-9-17)18-10-6-3-7-11-18;1-8(10)11-7-9-5-3-2-4-6-9;1-2/h4-9,11-14,17,20-21H,3,10,15-16H2,1-2H3;2-11,16,19-20,24H,12-15H2,1H3;2-6,10H,7H2,1H3;1-2H3/t17-,20-;16-,19-;;/m00../s1/i;;;1D. The van der Waals surface area contributed by atoms with Crippen LogP contribution < -0.4 is 0 Å². The van der Waals surface area contributed by atoms with Crippen LogP contribution in [0.15, 0.2) is 152 Å². The summed E-state index contributed by atoms with van der Waals surface area (Å²) in [5.41, 5.74) is 4.76. The highest BCUT2D eigenvalue weighted by molar-refractivity contribution is 5.92. The fourth-order valence-electron chi connectivity index (χ4n) is 8.70. The first-order valence-corrected chi connectivity index (χ1v) is 23.1. The average molecular weight is 913 g/mol. The summed E-state index contributed by atoms with van der Waals surface area (Å²) in [5, 5.41) is 16.3. The van der Waals surface area contributed by atoms with Gasteiger partial charge in [-0.25, -0.2) is 9.59 Å². The van der Waals surface area contributed by atoms with E-state index in [0.717, 1.165) is 40.7 Å². The molecule has 2 aliphatic rings. The average Bonchev–Trinajstić information content (AvgIpc) is 4.01. The van der Waals surface area contributed by atoms with Crippen LogP contribution in [0.3, 0.4) is 0 Å². The Balaban J connectivity index is 0.000000233. The molecule has 2 aliphatic heterocycles. The van der Waals surface area contributed by atoms with E-state index in [4.69, 9.17) is 21.0 Å². The van der Waals surface area contributed by atoms with Crippen LogP contribution in [0.5, 0.6) is 0 Å². The van der Waals surface area contributed by atoms with E-state index >= 15 is 0 Å². The van der Waals surface area contributed by atoms with Crippen molar-refractivity contribution in [3.8, 4) is 0 Å². The zero-order chi connectivity index (χ0) is 49.3. The molecule has 7 rings (SSSR count). The summed E-state index contributed by atoms with van der Waals surface area (Å²) in [6.45, 7) is 7.66. The summed E-state index contributed by atoms with van der Waals surface area (Å²) in [6.07, 6.45) is 3.83. The van der Waals surface area contributed by atoms with Crippen molar-refractivity contribution in [2.45, 2.75) is 90.3 Å². The third kappa shape index (κ3) is 15.5. The SMILES string of the molecule is CC(=N)OCc1ccccc1.CCC[C@H]1C[C@@H](C(=O)OC)N(C(=O)C(c2ccccc2)c2ccccc2)C1.COC(=O)[C@@H]1C[C@H](CCO)CN1C(=O)C(c1ccccc1)c1ccccc1.[2H]CC. The van der Waals surface area contributed by atoms with E-state index in [1.807, 2.05) is 152 Å². The molecule has 0 radical (unpaired) electrons. The van der Waals surface area contributed by atoms with Crippen LogP contribution in [0, 0.1) is 17.2 Å². The third-order valence-electron chi connectivity index (χ3n) is 11.8. The molecule has 2 N–H and O–H groups in total. The number of likely N-dealkylation sites (tertiary alicyclic amines) is 2. The second-order valence-corrected chi connectivity index (χ2v) is 16.4. The lowest BCUT2D eigenvalue weighted by molar-refractivity contribution is -0.151. The van der Waals surface area contributed by atoms with Crippen molar-refractivity contribution in [2.24, 2.45) is 11.8 Å². The number of ether oxygens (including phenoxy) is 3. The molecule has 356 valence electrons. The van der Waals surface area contributed by atoms with Gasteiger partial charge in [0.2, 0.25) is 11.8 Å². The molecular weight excluding hydrogens is 843 g/mol. The topological polar surface area (TPSA) is 147 Å². The van der Waals surface area contributed by atoms with Crippen molar-refractivity contribution in [1.29, 1.82) is 5.41 Å². The van der Waals surface area contributed by atoms with Gasteiger partial charge in [-0.2, -0.15) is 0 Å². The molecular formula is C56H69N3O8. The van der Waals surface area contributed by atoms with Gasteiger partial charge in [-0.3, -0.25) is 15.0 Å². The van der Waals surface area contributed by atoms with E-state index in [1.54, 1.807) is 23.6 Å². The van der Waals surface area contributed by atoms with Crippen LogP contribution >= 0.6 is 0 Å². The first-order chi connectivity index (χ1) is 33.0. The lowest BCUT2D eigenvalue weighted by atomic mass is 9.90. The van der Waals surface area contributed by atoms with Crippen LogP contribution in [0.2, 0.25) is 0 Å². The van der Waals surface area contributed by atoms with Crippen molar-refractivity contribution in [1.82, 2.24) is 9.80 Å². The van der Waals surface area contributed by atoms with Crippen molar-refractivity contribution in [2.75, 3.05) is 33.9 Å². The Kier molecular flexibility index (Phi) is 21.8. The van der Waals surface area contributed by atoms with E-state index in [-0.39, 0.29) is 36.2 Å². The lowest BCUT2D eigenvalue weighted by Crippen LogP contribution is -2.43. The number of methoxy groups -OCH3 is 2. The fraction of sp³-hybridized carbons (Fsp3) is 0.375. The molecule has 0 saturated carbocycles. The predicted octanol–water partition coefficient (Wildman–Crippen LogP) is 9.83. The molecule has 5 aromatic carbocycles. The number of rotatable bonds is 14. The molecule has 0 aliphatic carbocycles. The highest BCUT2D eigenvalue weighted by Gasteiger charge is 2.44. The van der Waals surface area contributed by atoms with Crippen LogP contribution in [-0.4, -0.2) is 90.6 Å². The minimum Gasteiger partial charge on any atom is -0.477 e. The molecule has 0 spiro atoms. The van der Waals surface area contributed by atoms with E-state index in [2.05, 4.69) is 6.92 Å². The molecule has 5 aromatic rings. The van der Waals surface area contributed by atoms with Gasteiger partial charge in [-0.05, 0) is 65.3 Å². The molecule has 0 unspecified atom stereocenters. The maximum Gasteiger partial charge on any atom is 0.328 e. The Bertz CT molecular complexity index is 2040. The molecule has 11 nitrogen and oxygen atoms in total. The highest BCUT2D eigenvalue weighted by Crippen LogP contribution is 2.35. The second-order valence-electron chi connectivity index (χ2n) is 16.4. The van der Waals surface area contributed by atoms with Crippen molar-refractivity contribution in [3.63, 3.8) is 0 Å². The molecule has 2 fully saturated rings. The maximum atomic E-state index is 13.6. The van der Waals surface area contributed by atoms with E-state index in [1.165, 1.54) is 14.2 Å². The van der Waals surface area contributed by atoms with Crippen molar-refractivity contribution in [3.05, 3.63) is 179 Å². The number of hydrogen-bond acceptors (Lipinski definition) is 9. The zero-order valence-corrected chi connectivity index (χ0v) is 39.7. The zero-order valence-electron chi connectivity index (χ0n) is 40.7. The number of nitrogens with zero attached hydrogens (tertiary/aromatic N) is 2. The van der Waals surface area contributed by atoms with Crippen LogP contribution in [-0.2, 0) is 40.0 Å². The molecule has 67 heavy (non-hydrogen) atoms. The van der Waals surface area contributed by atoms with Gasteiger partial charge in [0.05, 0.1) is 26.1 Å². The van der Waals surface area contributed by atoms with Crippen molar-refractivity contribution >= 4 is 29.7 Å². The molecule has 2 saturated heterocycles. The Morgan fingerprint density at radius 1 is 0.627 bits per heavy atom. The summed E-state index contributed by atoms with van der Waals surface area (Å²) < 4.78 is 21.2.